The third-order valence-electron chi connectivity index (χ3n) is 4.72. The molecule has 3 aromatic rings. The zero-order chi connectivity index (χ0) is 17.2. The monoisotopic (exact) mass is 332 g/mol. The molecule has 1 aliphatic rings. The predicted octanol–water partition coefficient (Wildman–Crippen LogP) is 4.40. The summed E-state index contributed by atoms with van der Waals surface area (Å²) >= 11 is 0. The fourth-order valence-electron chi connectivity index (χ4n) is 3.33. The third-order valence-corrected chi connectivity index (χ3v) is 4.72. The molecule has 1 amide bonds. The normalized spacial score (nSPS) is 15.1. The molecule has 4 heteroatoms. The molecule has 0 saturated carbocycles. The van der Waals surface area contributed by atoms with Crippen LogP contribution >= 0.6 is 0 Å². The molecule has 0 saturated heterocycles. The topological polar surface area (TPSA) is 49.2 Å². The van der Waals surface area contributed by atoms with Crippen molar-refractivity contribution >= 4 is 28.5 Å². The van der Waals surface area contributed by atoms with E-state index in [1.165, 1.54) is 27.6 Å². The van der Waals surface area contributed by atoms with Crippen molar-refractivity contribution < 1.29 is 9.21 Å². The second kappa shape index (κ2) is 6.48. The van der Waals surface area contributed by atoms with Gasteiger partial charge in [0, 0.05) is 41.8 Å². The molecule has 3 heterocycles. The van der Waals surface area contributed by atoms with Crippen molar-refractivity contribution in [2.45, 2.75) is 13.3 Å². The number of amides is 1. The van der Waals surface area contributed by atoms with E-state index in [2.05, 4.69) is 42.4 Å². The summed E-state index contributed by atoms with van der Waals surface area (Å²) in [6, 6.07) is 10.00. The van der Waals surface area contributed by atoms with Gasteiger partial charge in [-0.05, 0) is 42.7 Å². The molecule has 126 valence electrons. The molecular formula is C21H20N2O2. The van der Waals surface area contributed by atoms with E-state index < -0.39 is 0 Å². The first-order valence-corrected chi connectivity index (χ1v) is 8.49. The average Bonchev–Trinajstić information content (AvgIpc) is 3.30. The lowest BCUT2D eigenvalue weighted by molar-refractivity contribution is -0.125. The number of aryl methyl sites for hydroxylation is 1. The highest BCUT2D eigenvalue weighted by molar-refractivity contribution is 5.95. The number of furan rings is 1. The molecule has 0 unspecified atom stereocenters. The summed E-state index contributed by atoms with van der Waals surface area (Å²) < 4.78 is 5.21. The van der Waals surface area contributed by atoms with Crippen molar-refractivity contribution in [2.75, 3.05) is 13.1 Å². The maximum absolute atomic E-state index is 12.3. The van der Waals surface area contributed by atoms with Gasteiger partial charge in [0.05, 0.1) is 6.26 Å². The van der Waals surface area contributed by atoms with Gasteiger partial charge in [-0.25, -0.2) is 0 Å². The molecule has 4 nitrogen and oxygen atoms in total. The van der Waals surface area contributed by atoms with Crippen LogP contribution in [0.1, 0.15) is 23.3 Å². The average molecular weight is 332 g/mol. The van der Waals surface area contributed by atoms with Crippen molar-refractivity contribution in [2.24, 2.45) is 0 Å². The summed E-state index contributed by atoms with van der Waals surface area (Å²) in [4.78, 5) is 17.5. The number of fused-ring (bicyclic) bond motifs is 1. The lowest BCUT2D eigenvalue weighted by atomic mass is 9.98. The Balaban J connectivity index is 1.50. The van der Waals surface area contributed by atoms with Gasteiger partial charge in [0.15, 0.2) is 0 Å². The molecule has 0 atom stereocenters. The lowest BCUT2D eigenvalue weighted by Gasteiger charge is -2.25. The van der Waals surface area contributed by atoms with E-state index in [-0.39, 0.29) is 5.91 Å². The largest absolute Gasteiger partial charge is 0.465 e. The van der Waals surface area contributed by atoms with Gasteiger partial charge in [0.25, 0.3) is 0 Å². The van der Waals surface area contributed by atoms with Gasteiger partial charge >= 0.3 is 0 Å². The molecule has 4 rings (SSSR count). The maximum Gasteiger partial charge on any atom is 0.246 e. The van der Waals surface area contributed by atoms with Gasteiger partial charge in [-0.1, -0.05) is 24.3 Å². The quantitative estimate of drug-likeness (QED) is 0.723. The number of nitrogens with zero attached hydrogens (tertiary/aromatic N) is 1. The number of para-hydroxylation sites is 1. The van der Waals surface area contributed by atoms with Crippen molar-refractivity contribution in [1.82, 2.24) is 9.88 Å². The highest BCUT2D eigenvalue weighted by Gasteiger charge is 2.18. The van der Waals surface area contributed by atoms with Gasteiger partial charge in [-0.3, -0.25) is 4.79 Å². The number of rotatable bonds is 3. The number of hydrogen-bond acceptors (Lipinski definition) is 2. The molecule has 2 aromatic heterocycles. The van der Waals surface area contributed by atoms with Gasteiger partial charge in [-0.15, -0.1) is 0 Å². The minimum Gasteiger partial charge on any atom is -0.465 e. The van der Waals surface area contributed by atoms with Crippen LogP contribution in [0.3, 0.4) is 0 Å². The van der Waals surface area contributed by atoms with Gasteiger partial charge in [-0.2, -0.15) is 0 Å². The van der Waals surface area contributed by atoms with E-state index >= 15 is 0 Å². The first-order chi connectivity index (χ1) is 12.2. The van der Waals surface area contributed by atoms with Crippen molar-refractivity contribution in [1.29, 1.82) is 0 Å². The fraction of sp³-hybridized carbons (Fsp3) is 0.190. The Morgan fingerprint density at radius 2 is 2.20 bits per heavy atom. The number of carbonyl (C=O) groups is 1. The lowest BCUT2D eigenvalue weighted by Crippen LogP contribution is -2.33. The van der Waals surface area contributed by atoms with Crippen LogP contribution in [0.25, 0.3) is 22.6 Å². The Bertz CT molecular complexity index is 961. The Hall–Kier alpha value is -3.01. The summed E-state index contributed by atoms with van der Waals surface area (Å²) in [7, 11) is 0. The zero-order valence-corrected chi connectivity index (χ0v) is 14.2. The van der Waals surface area contributed by atoms with Gasteiger partial charge in [0.2, 0.25) is 5.91 Å². The highest BCUT2D eigenvalue weighted by Crippen LogP contribution is 2.30. The molecule has 25 heavy (non-hydrogen) atoms. The summed E-state index contributed by atoms with van der Waals surface area (Å²) in [5, 5.41) is 1.25. The van der Waals surface area contributed by atoms with Crippen LogP contribution in [0.5, 0.6) is 0 Å². The van der Waals surface area contributed by atoms with E-state index in [0.29, 0.717) is 12.3 Å². The smallest absolute Gasteiger partial charge is 0.246 e. The van der Waals surface area contributed by atoms with E-state index in [9.17, 15) is 4.79 Å². The molecule has 0 bridgehead atoms. The Morgan fingerprint density at radius 1 is 1.28 bits per heavy atom. The first-order valence-electron chi connectivity index (χ1n) is 8.49. The zero-order valence-electron chi connectivity index (χ0n) is 14.2. The van der Waals surface area contributed by atoms with Crippen LogP contribution < -0.4 is 0 Å². The highest BCUT2D eigenvalue weighted by atomic mass is 16.3. The molecule has 0 aliphatic carbocycles. The van der Waals surface area contributed by atoms with Crippen molar-refractivity contribution in [3.05, 3.63) is 71.8 Å². The molecular weight excluding hydrogens is 312 g/mol. The number of aromatic nitrogens is 1. The molecule has 1 aromatic carbocycles. The maximum atomic E-state index is 12.3. The SMILES string of the molecule is Cc1cccc2c(C3=CCN(C(=O)/C=C/c4ccco4)CC3)c[nH]c12. The summed E-state index contributed by atoms with van der Waals surface area (Å²) in [6.07, 6.45) is 9.99. The Kier molecular flexibility index (Phi) is 4.02. The second-order valence-corrected chi connectivity index (χ2v) is 6.31. The number of aromatic amines is 1. The van der Waals surface area contributed by atoms with Crippen LogP contribution in [-0.2, 0) is 4.79 Å². The standard InChI is InChI=1S/C21H20N2O2/c1-15-4-2-6-18-19(14-22-21(15)18)16-9-11-23(12-10-16)20(24)8-7-17-5-3-13-25-17/h2-9,13-14,22H,10-12H2,1H3/b8-7+. The van der Waals surface area contributed by atoms with Gasteiger partial charge < -0.3 is 14.3 Å². The Labute approximate surface area is 146 Å². The number of H-pyrrole nitrogens is 1. The van der Waals surface area contributed by atoms with E-state index in [1.807, 2.05) is 17.0 Å². The second-order valence-electron chi connectivity index (χ2n) is 6.31. The molecule has 1 N–H and O–H groups in total. The van der Waals surface area contributed by atoms with Crippen LogP contribution in [0.15, 0.2) is 59.4 Å². The number of nitrogens with one attached hydrogen (secondary N) is 1. The molecule has 0 radical (unpaired) electrons. The number of benzene rings is 1. The van der Waals surface area contributed by atoms with E-state index in [4.69, 9.17) is 4.42 Å². The summed E-state index contributed by atoms with van der Waals surface area (Å²) in [6.45, 7) is 3.48. The van der Waals surface area contributed by atoms with E-state index in [0.717, 1.165) is 13.0 Å². The predicted molar refractivity (Wildman–Crippen MR) is 100.0 cm³/mol. The van der Waals surface area contributed by atoms with Crippen LogP contribution in [-0.4, -0.2) is 28.9 Å². The first kappa shape index (κ1) is 15.5. The van der Waals surface area contributed by atoms with Crippen LogP contribution in [0, 0.1) is 6.92 Å². The summed E-state index contributed by atoms with van der Waals surface area (Å²) in [5.41, 5.74) is 4.99. The summed E-state index contributed by atoms with van der Waals surface area (Å²) in [5.74, 6) is 0.706. The molecule has 1 aliphatic heterocycles. The minimum atomic E-state index is 0.0153. The van der Waals surface area contributed by atoms with E-state index in [1.54, 1.807) is 18.4 Å². The minimum absolute atomic E-state index is 0.0153. The number of hydrogen-bond donors (Lipinski definition) is 1. The molecule has 0 spiro atoms. The number of carbonyl (C=O) groups excluding carboxylic acids is 1. The fourth-order valence-corrected chi connectivity index (χ4v) is 3.33. The van der Waals surface area contributed by atoms with Crippen molar-refractivity contribution in [3.63, 3.8) is 0 Å². The van der Waals surface area contributed by atoms with Crippen LogP contribution in [0.4, 0.5) is 0 Å². The Morgan fingerprint density at radius 3 is 2.96 bits per heavy atom. The van der Waals surface area contributed by atoms with Crippen molar-refractivity contribution in [3.8, 4) is 0 Å². The van der Waals surface area contributed by atoms with Crippen LogP contribution in [0.2, 0.25) is 0 Å². The third kappa shape index (κ3) is 3.03. The molecule has 0 fully saturated rings. The van der Waals surface area contributed by atoms with Gasteiger partial charge in [0.1, 0.15) is 5.76 Å².